The van der Waals surface area contributed by atoms with Crippen LogP contribution in [0, 0.1) is 0 Å². The van der Waals surface area contributed by atoms with E-state index in [1.807, 2.05) is 0 Å². The summed E-state index contributed by atoms with van der Waals surface area (Å²) in [7, 11) is -4.13. The van der Waals surface area contributed by atoms with Gasteiger partial charge in [-0.25, -0.2) is 18.2 Å². The lowest BCUT2D eigenvalue weighted by Gasteiger charge is -2.09. The Labute approximate surface area is 154 Å². The van der Waals surface area contributed by atoms with E-state index in [0.29, 0.717) is 30.5 Å². The number of sulfone groups is 1. The molecule has 0 bridgehead atoms. The molecule has 0 amide bonds. The van der Waals surface area contributed by atoms with E-state index in [0.717, 1.165) is 12.1 Å². The number of carbonyl (C=O) groups is 1. The largest absolute Gasteiger partial charge is 0.461 e. The van der Waals surface area contributed by atoms with Gasteiger partial charge in [-0.15, -0.1) is 0 Å². The van der Waals surface area contributed by atoms with E-state index in [1.165, 1.54) is 0 Å². The van der Waals surface area contributed by atoms with Crippen molar-refractivity contribution < 1.29 is 44.3 Å². The van der Waals surface area contributed by atoms with Crippen LogP contribution in [0.4, 0.5) is 26.3 Å². The molecule has 0 aliphatic carbocycles. The number of pyridine rings is 1. The molecule has 1 aromatic heterocycles. The van der Waals surface area contributed by atoms with Gasteiger partial charge in [-0.1, -0.05) is 0 Å². The van der Waals surface area contributed by atoms with Gasteiger partial charge in [-0.05, 0) is 36.4 Å². The van der Waals surface area contributed by atoms with Crippen LogP contribution in [0.3, 0.4) is 0 Å². The molecule has 0 saturated heterocycles. The minimum atomic E-state index is -4.67. The summed E-state index contributed by atoms with van der Waals surface area (Å²) in [5.41, 5.74) is -2.32. The van der Waals surface area contributed by atoms with Gasteiger partial charge in [0.15, 0.2) is 14.9 Å². The third-order valence-corrected chi connectivity index (χ3v) is 5.00. The van der Waals surface area contributed by atoms with Gasteiger partial charge < -0.3 is 4.74 Å². The third-order valence-electron chi connectivity index (χ3n) is 3.42. The number of ether oxygens (including phenoxy) is 1. The Morgan fingerprint density at radius 1 is 0.893 bits per heavy atom. The summed E-state index contributed by atoms with van der Waals surface area (Å²) in [6.07, 6.45) is -8.89. The van der Waals surface area contributed by atoms with Gasteiger partial charge in [0.1, 0.15) is 6.61 Å². The summed E-state index contributed by atoms with van der Waals surface area (Å²) < 4.78 is 103. The third kappa shape index (κ3) is 5.44. The van der Waals surface area contributed by atoms with Crippen molar-refractivity contribution >= 4 is 15.8 Å². The quantitative estimate of drug-likeness (QED) is 0.537. The molecular formula is C16H11F6NO4S. The maximum absolute atomic E-state index is 12.5. The molecule has 152 valence electrons. The van der Waals surface area contributed by atoms with Crippen LogP contribution >= 0.6 is 0 Å². The van der Waals surface area contributed by atoms with Crippen molar-refractivity contribution in [3.8, 4) is 0 Å². The second kappa shape index (κ2) is 7.78. The fourth-order valence-electron chi connectivity index (χ4n) is 1.96. The Morgan fingerprint density at radius 3 is 1.89 bits per heavy atom. The van der Waals surface area contributed by atoms with Crippen LogP contribution in [0.25, 0.3) is 0 Å². The Morgan fingerprint density at radius 2 is 1.43 bits per heavy atom. The molecule has 12 heteroatoms. The minimum absolute atomic E-state index is 0.224. The predicted molar refractivity (Wildman–Crippen MR) is 83.0 cm³/mol. The molecule has 0 aliphatic rings. The maximum atomic E-state index is 12.5. The fraction of sp³-hybridized carbons (Fsp3) is 0.250. The van der Waals surface area contributed by atoms with Crippen LogP contribution in [0.2, 0.25) is 0 Å². The van der Waals surface area contributed by atoms with Crippen molar-refractivity contribution in [1.29, 1.82) is 0 Å². The average Bonchev–Trinajstić information content (AvgIpc) is 2.60. The number of alkyl halides is 6. The molecular weight excluding hydrogens is 416 g/mol. The number of esters is 1. The first-order chi connectivity index (χ1) is 12.8. The van der Waals surface area contributed by atoms with Gasteiger partial charge in [0.05, 0.1) is 22.4 Å². The minimum Gasteiger partial charge on any atom is -0.461 e. The standard InChI is InChI=1S/C16H11F6NO4S/c17-15(18,19)11-3-1-10(2-4-11)14(24)27-7-8-28(25,26)13-6-5-12(9-23-13)16(20,21)22/h1-6,9H,7-8H2. The molecule has 0 aliphatic heterocycles. The SMILES string of the molecule is O=C(OCCS(=O)(=O)c1ccc(C(F)(F)F)cn1)c1ccc(C(F)(F)F)cc1. The van der Waals surface area contributed by atoms with Crippen LogP contribution in [-0.2, 0) is 26.9 Å². The number of hydrogen-bond donors (Lipinski definition) is 0. The molecule has 0 atom stereocenters. The lowest BCUT2D eigenvalue weighted by molar-refractivity contribution is -0.138. The normalized spacial score (nSPS) is 12.6. The highest BCUT2D eigenvalue weighted by Crippen LogP contribution is 2.30. The van der Waals surface area contributed by atoms with Gasteiger partial charge in [0.2, 0.25) is 0 Å². The van der Waals surface area contributed by atoms with E-state index in [-0.39, 0.29) is 5.56 Å². The number of hydrogen-bond acceptors (Lipinski definition) is 5. The Hall–Kier alpha value is -2.63. The molecule has 0 unspecified atom stereocenters. The van der Waals surface area contributed by atoms with E-state index < -0.39 is 56.7 Å². The molecule has 28 heavy (non-hydrogen) atoms. The molecule has 0 spiro atoms. The molecule has 2 aromatic rings. The summed E-state index contributed by atoms with van der Waals surface area (Å²) in [5.74, 6) is -1.82. The van der Waals surface area contributed by atoms with E-state index in [1.54, 1.807) is 0 Å². The maximum Gasteiger partial charge on any atom is 0.417 e. The first-order valence-electron chi connectivity index (χ1n) is 7.41. The zero-order valence-electron chi connectivity index (χ0n) is 13.7. The lowest BCUT2D eigenvalue weighted by atomic mass is 10.1. The molecule has 0 N–H and O–H groups in total. The fourth-order valence-corrected chi connectivity index (χ4v) is 2.96. The molecule has 0 radical (unpaired) electrons. The number of halogens is 6. The summed E-state index contributed by atoms with van der Waals surface area (Å²) in [4.78, 5) is 15.0. The van der Waals surface area contributed by atoms with Gasteiger partial charge in [-0.2, -0.15) is 26.3 Å². The van der Waals surface area contributed by atoms with Crippen LogP contribution in [-0.4, -0.2) is 31.7 Å². The van der Waals surface area contributed by atoms with E-state index in [4.69, 9.17) is 0 Å². The summed E-state index contributed by atoms with van der Waals surface area (Å²) in [5, 5.41) is -0.633. The summed E-state index contributed by atoms with van der Waals surface area (Å²) in [6.45, 7) is -0.662. The van der Waals surface area contributed by atoms with Crippen molar-refractivity contribution in [2.24, 2.45) is 0 Å². The first kappa shape index (κ1) is 21.7. The summed E-state index contributed by atoms with van der Waals surface area (Å²) >= 11 is 0. The highest BCUT2D eigenvalue weighted by atomic mass is 32.2. The molecule has 0 fully saturated rings. The highest BCUT2D eigenvalue weighted by molar-refractivity contribution is 7.91. The van der Waals surface area contributed by atoms with Crippen molar-refractivity contribution in [2.45, 2.75) is 17.4 Å². The Balaban J connectivity index is 1.97. The van der Waals surface area contributed by atoms with Gasteiger partial charge in [0, 0.05) is 6.20 Å². The molecule has 2 rings (SSSR count). The van der Waals surface area contributed by atoms with Crippen LogP contribution < -0.4 is 0 Å². The smallest absolute Gasteiger partial charge is 0.417 e. The monoisotopic (exact) mass is 427 g/mol. The molecule has 0 saturated carbocycles. The van der Waals surface area contributed by atoms with Gasteiger partial charge in [-0.3, -0.25) is 0 Å². The van der Waals surface area contributed by atoms with Crippen LogP contribution in [0.15, 0.2) is 47.6 Å². The van der Waals surface area contributed by atoms with Crippen molar-refractivity contribution in [3.05, 3.63) is 59.3 Å². The highest BCUT2D eigenvalue weighted by Gasteiger charge is 2.32. The summed E-state index contributed by atoms with van der Waals surface area (Å²) in [6, 6.07) is 4.30. The number of carbonyl (C=O) groups excluding carboxylic acids is 1. The van der Waals surface area contributed by atoms with E-state index in [9.17, 15) is 39.6 Å². The zero-order chi connectivity index (χ0) is 21.2. The van der Waals surface area contributed by atoms with Gasteiger partial charge in [0.25, 0.3) is 0 Å². The first-order valence-corrected chi connectivity index (χ1v) is 9.06. The molecule has 1 heterocycles. The van der Waals surface area contributed by atoms with Gasteiger partial charge >= 0.3 is 18.3 Å². The number of benzene rings is 1. The average molecular weight is 427 g/mol. The predicted octanol–water partition coefficient (Wildman–Crippen LogP) is 3.75. The van der Waals surface area contributed by atoms with Crippen molar-refractivity contribution in [2.75, 3.05) is 12.4 Å². The number of rotatable bonds is 5. The Bertz CT molecular complexity index is 935. The number of nitrogens with zero attached hydrogens (tertiary/aromatic N) is 1. The topological polar surface area (TPSA) is 73.3 Å². The second-order valence-corrected chi connectivity index (χ2v) is 7.47. The lowest BCUT2D eigenvalue weighted by Crippen LogP contribution is -2.17. The van der Waals surface area contributed by atoms with E-state index >= 15 is 0 Å². The van der Waals surface area contributed by atoms with Crippen LogP contribution in [0.1, 0.15) is 21.5 Å². The van der Waals surface area contributed by atoms with Crippen molar-refractivity contribution in [1.82, 2.24) is 4.98 Å². The van der Waals surface area contributed by atoms with E-state index in [2.05, 4.69) is 9.72 Å². The molecule has 1 aromatic carbocycles. The van der Waals surface area contributed by atoms with Crippen molar-refractivity contribution in [3.63, 3.8) is 0 Å². The Kier molecular flexibility index (Phi) is 6.02. The van der Waals surface area contributed by atoms with Crippen LogP contribution in [0.5, 0.6) is 0 Å². The molecule has 5 nitrogen and oxygen atoms in total. The zero-order valence-corrected chi connectivity index (χ0v) is 14.5. The number of aromatic nitrogens is 1. The second-order valence-electron chi connectivity index (χ2n) is 5.41.